The molecule has 0 radical (unpaired) electrons. The van der Waals surface area contributed by atoms with E-state index in [1.807, 2.05) is 0 Å². The highest BCUT2D eigenvalue weighted by Gasteiger charge is 2.23. The lowest BCUT2D eigenvalue weighted by atomic mass is 10.1. The second kappa shape index (κ2) is 7.05. The van der Waals surface area contributed by atoms with Gasteiger partial charge < -0.3 is 15.2 Å². The molecule has 0 bridgehead atoms. The van der Waals surface area contributed by atoms with Crippen molar-refractivity contribution < 1.29 is 19.4 Å². The van der Waals surface area contributed by atoms with Gasteiger partial charge in [0.05, 0.1) is 6.10 Å². The molecule has 1 saturated carbocycles. The Bertz CT molecular complexity index is 454. The van der Waals surface area contributed by atoms with Gasteiger partial charge in [-0.2, -0.15) is 0 Å². The summed E-state index contributed by atoms with van der Waals surface area (Å²) in [6.45, 7) is -0.0821. The number of ether oxygens (including phenoxy) is 1. The van der Waals surface area contributed by atoms with Gasteiger partial charge in [-0.3, -0.25) is 4.79 Å². The van der Waals surface area contributed by atoms with E-state index in [1.165, 1.54) is 0 Å². The average molecular weight is 277 g/mol. The predicted molar refractivity (Wildman–Crippen MR) is 73.2 cm³/mol. The molecule has 1 atom stereocenters. The highest BCUT2D eigenvalue weighted by atomic mass is 16.5. The van der Waals surface area contributed by atoms with Crippen molar-refractivity contribution in [3.63, 3.8) is 0 Å². The summed E-state index contributed by atoms with van der Waals surface area (Å²) in [7, 11) is 0. The number of benzene rings is 1. The molecule has 2 rings (SSSR count). The number of carbonyl (C=O) groups is 2. The molecule has 2 N–H and O–H groups in total. The zero-order valence-electron chi connectivity index (χ0n) is 11.2. The molecule has 1 aromatic rings. The van der Waals surface area contributed by atoms with E-state index in [0.29, 0.717) is 5.56 Å². The number of carboxylic acids is 1. The van der Waals surface area contributed by atoms with Gasteiger partial charge in [0.25, 0.3) is 0 Å². The SMILES string of the molecule is O=C(COC1CCCC1)NC(C(=O)O)c1ccccc1. The summed E-state index contributed by atoms with van der Waals surface area (Å²) in [5.41, 5.74) is 0.550. The van der Waals surface area contributed by atoms with Gasteiger partial charge in [-0.1, -0.05) is 43.2 Å². The minimum Gasteiger partial charge on any atom is -0.479 e. The molecule has 5 nitrogen and oxygen atoms in total. The fourth-order valence-corrected chi connectivity index (χ4v) is 2.38. The smallest absolute Gasteiger partial charge is 0.330 e. The minimum absolute atomic E-state index is 0.0821. The Morgan fingerprint density at radius 1 is 1.25 bits per heavy atom. The molecular weight excluding hydrogens is 258 g/mol. The molecule has 0 aliphatic heterocycles. The van der Waals surface area contributed by atoms with Crippen LogP contribution in [-0.2, 0) is 14.3 Å². The van der Waals surface area contributed by atoms with Gasteiger partial charge in [-0.15, -0.1) is 0 Å². The molecule has 5 heteroatoms. The summed E-state index contributed by atoms with van der Waals surface area (Å²) < 4.78 is 5.48. The molecule has 0 spiro atoms. The van der Waals surface area contributed by atoms with Gasteiger partial charge in [0, 0.05) is 0 Å². The van der Waals surface area contributed by atoms with E-state index in [0.717, 1.165) is 25.7 Å². The number of carbonyl (C=O) groups excluding carboxylic acids is 1. The Balaban J connectivity index is 1.87. The lowest BCUT2D eigenvalue weighted by Crippen LogP contribution is -2.36. The lowest BCUT2D eigenvalue weighted by Gasteiger charge is -2.16. The van der Waals surface area contributed by atoms with Crippen LogP contribution in [0.25, 0.3) is 0 Å². The van der Waals surface area contributed by atoms with Gasteiger partial charge in [-0.05, 0) is 18.4 Å². The normalized spacial score (nSPS) is 16.8. The Morgan fingerprint density at radius 2 is 1.90 bits per heavy atom. The Labute approximate surface area is 117 Å². The third kappa shape index (κ3) is 4.06. The second-order valence-corrected chi connectivity index (χ2v) is 4.97. The van der Waals surface area contributed by atoms with E-state index >= 15 is 0 Å². The zero-order valence-corrected chi connectivity index (χ0v) is 11.2. The van der Waals surface area contributed by atoms with Crippen LogP contribution < -0.4 is 5.32 Å². The fourth-order valence-electron chi connectivity index (χ4n) is 2.38. The van der Waals surface area contributed by atoms with Gasteiger partial charge >= 0.3 is 5.97 Å². The van der Waals surface area contributed by atoms with Crippen LogP contribution >= 0.6 is 0 Å². The average Bonchev–Trinajstić information content (AvgIpc) is 2.96. The lowest BCUT2D eigenvalue weighted by molar-refractivity contribution is -0.143. The first kappa shape index (κ1) is 14.5. The van der Waals surface area contributed by atoms with Crippen molar-refractivity contribution in [2.75, 3.05) is 6.61 Å². The molecule has 0 heterocycles. The van der Waals surface area contributed by atoms with Gasteiger partial charge in [0.1, 0.15) is 6.61 Å². The predicted octanol–water partition coefficient (Wildman–Crippen LogP) is 1.89. The Kier molecular flexibility index (Phi) is 5.12. The number of hydrogen-bond acceptors (Lipinski definition) is 3. The molecule has 1 unspecified atom stereocenters. The van der Waals surface area contributed by atoms with Crippen LogP contribution in [0.2, 0.25) is 0 Å². The first-order valence-electron chi connectivity index (χ1n) is 6.85. The van der Waals surface area contributed by atoms with E-state index in [-0.39, 0.29) is 12.7 Å². The van der Waals surface area contributed by atoms with E-state index in [9.17, 15) is 14.7 Å². The van der Waals surface area contributed by atoms with E-state index in [2.05, 4.69) is 5.32 Å². The summed E-state index contributed by atoms with van der Waals surface area (Å²) >= 11 is 0. The van der Waals surface area contributed by atoms with Crippen molar-refractivity contribution in [3.8, 4) is 0 Å². The Morgan fingerprint density at radius 3 is 2.50 bits per heavy atom. The maximum absolute atomic E-state index is 11.8. The quantitative estimate of drug-likeness (QED) is 0.832. The standard InChI is InChI=1S/C15H19NO4/c17-13(10-20-12-8-4-5-9-12)16-14(15(18)19)11-6-2-1-3-7-11/h1-3,6-7,12,14H,4-5,8-10H2,(H,16,17)(H,18,19). The van der Waals surface area contributed by atoms with Crippen molar-refractivity contribution >= 4 is 11.9 Å². The number of nitrogens with one attached hydrogen (secondary N) is 1. The van der Waals surface area contributed by atoms with Crippen molar-refractivity contribution in [2.24, 2.45) is 0 Å². The van der Waals surface area contributed by atoms with Crippen LogP contribution in [0.5, 0.6) is 0 Å². The highest BCUT2D eigenvalue weighted by Crippen LogP contribution is 2.20. The maximum Gasteiger partial charge on any atom is 0.330 e. The zero-order chi connectivity index (χ0) is 14.4. The molecule has 108 valence electrons. The maximum atomic E-state index is 11.8. The summed E-state index contributed by atoms with van der Waals surface area (Å²) in [6, 6.07) is 7.61. The monoisotopic (exact) mass is 277 g/mol. The van der Waals surface area contributed by atoms with E-state index < -0.39 is 17.9 Å². The van der Waals surface area contributed by atoms with Gasteiger partial charge in [-0.25, -0.2) is 4.79 Å². The van der Waals surface area contributed by atoms with Crippen LogP contribution in [0.3, 0.4) is 0 Å². The fraction of sp³-hybridized carbons (Fsp3) is 0.467. The Hall–Kier alpha value is -1.88. The summed E-state index contributed by atoms with van der Waals surface area (Å²) in [5.74, 6) is -1.47. The largest absolute Gasteiger partial charge is 0.479 e. The van der Waals surface area contributed by atoms with Crippen LogP contribution in [0.15, 0.2) is 30.3 Å². The third-order valence-corrected chi connectivity index (χ3v) is 3.44. The first-order chi connectivity index (χ1) is 9.66. The van der Waals surface area contributed by atoms with Crippen LogP contribution in [-0.4, -0.2) is 29.7 Å². The van der Waals surface area contributed by atoms with E-state index in [4.69, 9.17) is 4.74 Å². The number of amides is 1. The third-order valence-electron chi connectivity index (χ3n) is 3.44. The van der Waals surface area contributed by atoms with Crippen molar-refractivity contribution in [3.05, 3.63) is 35.9 Å². The van der Waals surface area contributed by atoms with E-state index in [1.54, 1.807) is 30.3 Å². The van der Waals surface area contributed by atoms with Crippen molar-refractivity contribution in [1.29, 1.82) is 0 Å². The topological polar surface area (TPSA) is 75.6 Å². The molecule has 0 aromatic heterocycles. The summed E-state index contributed by atoms with van der Waals surface area (Å²) in [4.78, 5) is 23.0. The molecule has 1 aromatic carbocycles. The number of hydrogen-bond donors (Lipinski definition) is 2. The molecule has 1 amide bonds. The number of aliphatic carboxylic acids is 1. The highest BCUT2D eigenvalue weighted by molar-refractivity contribution is 5.85. The molecule has 1 fully saturated rings. The first-order valence-corrected chi connectivity index (χ1v) is 6.85. The van der Waals surface area contributed by atoms with Crippen molar-refractivity contribution in [2.45, 2.75) is 37.8 Å². The molecule has 1 aliphatic carbocycles. The second-order valence-electron chi connectivity index (χ2n) is 4.97. The van der Waals surface area contributed by atoms with Gasteiger partial charge in [0.2, 0.25) is 5.91 Å². The van der Waals surface area contributed by atoms with Crippen LogP contribution in [0, 0.1) is 0 Å². The minimum atomic E-state index is -1.08. The number of rotatable bonds is 6. The molecule has 0 saturated heterocycles. The number of carboxylic acid groups (broad SMARTS) is 1. The summed E-state index contributed by atoms with van der Waals surface area (Å²) in [6.07, 6.45) is 4.37. The molecule has 20 heavy (non-hydrogen) atoms. The molecular formula is C15H19NO4. The van der Waals surface area contributed by atoms with Crippen LogP contribution in [0.1, 0.15) is 37.3 Å². The van der Waals surface area contributed by atoms with Crippen molar-refractivity contribution in [1.82, 2.24) is 5.32 Å². The van der Waals surface area contributed by atoms with Gasteiger partial charge in [0.15, 0.2) is 6.04 Å². The van der Waals surface area contributed by atoms with Crippen LogP contribution in [0.4, 0.5) is 0 Å². The molecule has 1 aliphatic rings. The summed E-state index contributed by atoms with van der Waals surface area (Å²) in [5, 5.41) is 11.7.